The molecule has 0 radical (unpaired) electrons. The van der Waals surface area contributed by atoms with Gasteiger partial charge in [-0.3, -0.25) is 4.79 Å². The summed E-state index contributed by atoms with van der Waals surface area (Å²) in [5.74, 6) is 0.561. The predicted octanol–water partition coefficient (Wildman–Crippen LogP) is 2.23. The molecule has 0 saturated heterocycles. The Balaban J connectivity index is 1.78. The maximum atomic E-state index is 12.3. The topological polar surface area (TPSA) is 81.9 Å². The van der Waals surface area contributed by atoms with Gasteiger partial charge in [-0.05, 0) is 65.4 Å². The fourth-order valence-corrected chi connectivity index (χ4v) is 2.20. The highest BCUT2D eigenvalue weighted by Crippen LogP contribution is 2.18. The summed E-state index contributed by atoms with van der Waals surface area (Å²) in [5.41, 5.74) is 3.00. The van der Waals surface area contributed by atoms with Crippen molar-refractivity contribution in [3.05, 3.63) is 59.9 Å². The number of anilines is 1. The Morgan fingerprint density at radius 2 is 1.96 bits per heavy atom. The molecular weight excluding hydrogens is 294 g/mol. The molecule has 0 bridgehead atoms. The Morgan fingerprint density at radius 1 is 1.17 bits per heavy atom. The van der Waals surface area contributed by atoms with Crippen molar-refractivity contribution in [2.75, 3.05) is 12.4 Å². The van der Waals surface area contributed by atoms with Gasteiger partial charge in [0.05, 0.1) is 12.8 Å². The molecule has 0 spiro atoms. The molecule has 116 valence electrons. The molecule has 7 heteroatoms. The van der Waals surface area contributed by atoms with Crippen molar-refractivity contribution >= 4 is 11.6 Å². The number of carbonyl (C=O) groups is 1. The zero-order valence-corrected chi connectivity index (χ0v) is 12.7. The number of ether oxygens (including phenoxy) is 1. The van der Waals surface area contributed by atoms with E-state index in [2.05, 4.69) is 20.8 Å². The van der Waals surface area contributed by atoms with Crippen LogP contribution in [0.4, 0.5) is 5.69 Å². The number of tetrazole rings is 1. The van der Waals surface area contributed by atoms with E-state index in [1.807, 2.05) is 13.0 Å². The minimum atomic E-state index is -0.179. The molecule has 1 aromatic heterocycles. The van der Waals surface area contributed by atoms with Gasteiger partial charge in [0.25, 0.3) is 5.91 Å². The SMILES string of the molecule is COc1ccc(NC(=O)c2ccc(-n3cnnn3)c(C)c2)cc1. The zero-order chi connectivity index (χ0) is 16.2. The number of aromatic nitrogens is 4. The molecular formula is C16H15N5O2. The summed E-state index contributed by atoms with van der Waals surface area (Å²) in [7, 11) is 1.60. The number of carbonyl (C=O) groups excluding carboxylic acids is 1. The van der Waals surface area contributed by atoms with E-state index in [-0.39, 0.29) is 5.91 Å². The average Bonchev–Trinajstić information content (AvgIpc) is 3.09. The van der Waals surface area contributed by atoms with Crippen LogP contribution in [-0.4, -0.2) is 33.2 Å². The van der Waals surface area contributed by atoms with Crippen molar-refractivity contribution in [1.29, 1.82) is 0 Å². The van der Waals surface area contributed by atoms with Crippen molar-refractivity contribution < 1.29 is 9.53 Å². The van der Waals surface area contributed by atoms with Crippen LogP contribution in [0.5, 0.6) is 5.75 Å². The lowest BCUT2D eigenvalue weighted by molar-refractivity contribution is 0.102. The molecule has 0 atom stereocenters. The lowest BCUT2D eigenvalue weighted by atomic mass is 10.1. The lowest BCUT2D eigenvalue weighted by Crippen LogP contribution is -2.12. The van der Waals surface area contributed by atoms with Crippen molar-refractivity contribution in [2.24, 2.45) is 0 Å². The normalized spacial score (nSPS) is 10.3. The first kappa shape index (κ1) is 14.7. The summed E-state index contributed by atoms with van der Waals surface area (Å²) in [6, 6.07) is 12.5. The predicted molar refractivity (Wildman–Crippen MR) is 84.8 cm³/mol. The second kappa shape index (κ2) is 6.27. The highest BCUT2D eigenvalue weighted by Gasteiger charge is 2.10. The van der Waals surface area contributed by atoms with E-state index in [0.717, 1.165) is 17.0 Å². The number of aryl methyl sites for hydroxylation is 1. The van der Waals surface area contributed by atoms with Gasteiger partial charge >= 0.3 is 0 Å². The molecule has 0 fully saturated rings. The maximum Gasteiger partial charge on any atom is 0.255 e. The van der Waals surface area contributed by atoms with Gasteiger partial charge in [-0.15, -0.1) is 5.10 Å². The number of methoxy groups -OCH3 is 1. The third-order valence-electron chi connectivity index (χ3n) is 3.40. The Labute approximate surface area is 132 Å². The molecule has 1 heterocycles. The molecule has 0 aliphatic carbocycles. The van der Waals surface area contributed by atoms with E-state index in [1.54, 1.807) is 48.2 Å². The van der Waals surface area contributed by atoms with E-state index < -0.39 is 0 Å². The van der Waals surface area contributed by atoms with Crippen LogP contribution in [-0.2, 0) is 0 Å². The lowest BCUT2D eigenvalue weighted by Gasteiger charge is -2.09. The van der Waals surface area contributed by atoms with Gasteiger partial charge in [-0.2, -0.15) is 0 Å². The minimum absolute atomic E-state index is 0.179. The molecule has 1 amide bonds. The Morgan fingerprint density at radius 3 is 2.57 bits per heavy atom. The second-order valence-corrected chi connectivity index (χ2v) is 4.94. The molecule has 23 heavy (non-hydrogen) atoms. The largest absolute Gasteiger partial charge is 0.497 e. The molecule has 2 aromatic carbocycles. The third-order valence-corrected chi connectivity index (χ3v) is 3.40. The van der Waals surface area contributed by atoms with Gasteiger partial charge in [0.1, 0.15) is 12.1 Å². The van der Waals surface area contributed by atoms with Crippen LogP contribution >= 0.6 is 0 Å². The standard InChI is InChI=1S/C16H15N5O2/c1-11-9-12(3-8-15(11)21-10-17-19-20-21)16(22)18-13-4-6-14(23-2)7-5-13/h3-10H,1-2H3,(H,18,22). The van der Waals surface area contributed by atoms with Crippen molar-refractivity contribution in [3.63, 3.8) is 0 Å². The molecule has 0 aliphatic rings. The van der Waals surface area contributed by atoms with Crippen LogP contribution < -0.4 is 10.1 Å². The van der Waals surface area contributed by atoms with Crippen LogP contribution in [0.25, 0.3) is 5.69 Å². The molecule has 3 rings (SSSR count). The monoisotopic (exact) mass is 309 g/mol. The minimum Gasteiger partial charge on any atom is -0.497 e. The molecule has 1 N–H and O–H groups in total. The highest BCUT2D eigenvalue weighted by atomic mass is 16.5. The summed E-state index contributed by atoms with van der Waals surface area (Å²) >= 11 is 0. The van der Waals surface area contributed by atoms with Gasteiger partial charge in [0.15, 0.2) is 0 Å². The number of nitrogens with one attached hydrogen (secondary N) is 1. The summed E-state index contributed by atoms with van der Waals surface area (Å²) in [6.45, 7) is 1.90. The van der Waals surface area contributed by atoms with E-state index in [9.17, 15) is 4.79 Å². The third kappa shape index (κ3) is 3.18. The van der Waals surface area contributed by atoms with Gasteiger partial charge in [-0.1, -0.05) is 0 Å². The summed E-state index contributed by atoms with van der Waals surface area (Å²) < 4.78 is 6.65. The number of nitrogens with zero attached hydrogens (tertiary/aromatic N) is 4. The second-order valence-electron chi connectivity index (χ2n) is 4.94. The number of hydrogen-bond acceptors (Lipinski definition) is 5. The molecule has 0 aliphatic heterocycles. The first-order valence-corrected chi connectivity index (χ1v) is 6.97. The smallest absolute Gasteiger partial charge is 0.255 e. The van der Waals surface area contributed by atoms with Gasteiger partial charge < -0.3 is 10.1 Å². The van der Waals surface area contributed by atoms with Crippen LogP contribution in [0, 0.1) is 6.92 Å². The van der Waals surface area contributed by atoms with E-state index in [4.69, 9.17) is 4.74 Å². The van der Waals surface area contributed by atoms with Gasteiger partial charge in [0, 0.05) is 11.3 Å². The Bertz CT molecular complexity index is 813. The fourth-order valence-electron chi connectivity index (χ4n) is 2.20. The number of rotatable bonds is 4. The van der Waals surface area contributed by atoms with Gasteiger partial charge in [-0.25, -0.2) is 4.68 Å². The maximum absolute atomic E-state index is 12.3. The van der Waals surface area contributed by atoms with Crippen molar-refractivity contribution in [1.82, 2.24) is 20.2 Å². The Kier molecular flexibility index (Phi) is 4.01. The molecule has 3 aromatic rings. The summed E-state index contributed by atoms with van der Waals surface area (Å²) in [5, 5.41) is 13.9. The van der Waals surface area contributed by atoms with E-state index in [1.165, 1.54) is 6.33 Å². The van der Waals surface area contributed by atoms with Crippen LogP contribution in [0.15, 0.2) is 48.8 Å². The zero-order valence-electron chi connectivity index (χ0n) is 12.7. The van der Waals surface area contributed by atoms with Crippen molar-refractivity contribution in [2.45, 2.75) is 6.92 Å². The van der Waals surface area contributed by atoms with Crippen LogP contribution in [0.1, 0.15) is 15.9 Å². The first-order valence-electron chi connectivity index (χ1n) is 6.97. The average molecular weight is 309 g/mol. The molecule has 7 nitrogen and oxygen atoms in total. The van der Waals surface area contributed by atoms with Crippen molar-refractivity contribution in [3.8, 4) is 11.4 Å². The van der Waals surface area contributed by atoms with E-state index in [0.29, 0.717) is 11.3 Å². The summed E-state index contributed by atoms with van der Waals surface area (Å²) in [6.07, 6.45) is 1.51. The van der Waals surface area contributed by atoms with Crippen LogP contribution in [0.3, 0.4) is 0 Å². The highest BCUT2D eigenvalue weighted by molar-refractivity contribution is 6.04. The van der Waals surface area contributed by atoms with Crippen LogP contribution in [0.2, 0.25) is 0 Å². The fraction of sp³-hybridized carbons (Fsp3) is 0.125. The molecule has 0 unspecified atom stereocenters. The molecule has 0 saturated carbocycles. The number of amides is 1. The van der Waals surface area contributed by atoms with Gasteiger partial charge in [0.2, 0.25) is 0 Å². The first-order chi connectivity index (χ1) is 11.2. The number of hydrogen-bond donors (Lipinski definition) is 1. The summed E-state index contributed by atoms with van der Waals surface area (Å²) in [4.78, 5) is 12.3. The Hall–Kier alpha value is -3.22. The quantitative estimate of drug-likeness (QED) is 0.799. The van der Waals surface area contributed by atoms with E-state index >= 15 is 0 Å². The number of benzene rings is 2.